The Morgan fingerprint density at radius 1 is 1.38 bits per heavy atom. The number of rotatable bonds is 6. The minimum Gasteiger partial charge on any atom is -0.481 e. The minimum absolute atomic E-state index is 0.295. The summed E-state index contributed by atoms with van der Waals surface area (Å²) >= 11 is 7.60. The molecule has 1 aromatic carbocycles. The Kier molecular flexibility index (Phi) is 6.40. The third-order valence-electron chi connectivity index (χ3n) is 3.51. The van der Waals surface area contributed by atoms with Crippen LogP contribution in [0.25, 0.3) is 0 Å². The van der Waals surface area contributed by atoms with Gasteiger partial charge in [0.1, 0.15) is 5.75 Å². The molecule has 0 aliphatic rings. The van der Waals surface area contributed by atoms with E-state index in [1.165, 1.54) is 4.88 Å². The summed E-state index contributed by atoms with van der Waals surface area (Å²) in [4.78, 5) is 14.5. The molecule has 0 aliphatic heterocycles. The van der Waals surface area contributed by atoms with Gasteiger partial charge >= 0.3 is 0 Å². The fraction of sp³-hybridized carbons (Fsp3) is 0.333. The van der Waals surface area contributed by atoms with Crippen LogP contribution in [0.15, 0.2) is 35.4 Å². The van der Waals surface area contributed by atoms with Crippen LogP contribution in [0.5, 0.6) is 5.75 Å². The van der Waals surface area contributed by atoms with E-state index < -0.39 is 6.10 Å². The summed E-state index contributed by atoms with van der Waals surface area (Å²) in [5.41, 5.74) is 4.23. The fourth-order valence-electron chi connectivity index (χ4n) is 2.04. The summed E-state index contributed by atoms with van der Waals surface area (Å²) in [5, 5.41) is 4.81. The van der Waals surface area contributed by atoms with Crippen LogP contribution in [-0.4, -0.2) is 17.7 Å². The summed E-state index contributed by atoms with van der Waals surface area (Å²) < 4.78 is 5.68. The molecule has 6 heteroatoms. The molecule has 2 rings (SSSR count). The van der Waals surface area contributed by atoms with Crippen molar-refractivity contribution >= 4 is 34.6 Å². The molecule has 0 radical (unpaired) electrons. The summed E-state index contributed by atoms with van der Waals surface area (Å²) in [6.07, 6.45) is 0.339. The predicted octanol–water partition coefficient (Wildman–Crippen LogP) is 4.58. The first-order chi connectivity index (χ1) is 11.4. The fourth-order valence-corrected chi connectivity index (χ4v) is 3.16. The normalized spacial score (nSPS) is 12.8. The van der Waals surface area contributed by atoms with Crippen LogP contribution in [0.2, 0.25) is 5.02 Å². The van der Waals surface area contributed by atoms with E-state index in [0.717, 1.165) is 22.6 Å². The van der Waals surface area contributed by atoms with Crippen molar-refractivity contribution in [3.63, 3.8) is 0 Å². The Balaban J connectivity index is 1.96. The summed E-state index contributed by atoms with van der Waals surface area (Å²) in [6.45, 7) is 7.56. The van der Waals surface area contributed by atoms with Crippen molar-refractivity contribution in [1.29, 1.82) is 0 Å². The highest BCUT2D eigenvalue weighted by molar-refractivity contribution is 7.14. The van der Waals surface area contributed by atoms with Crippen LogP contribution < -0.4 is 10.2 Å². The Morgan fingerprint density at radius 2 is 2.12 bits per heavy atom. The summed E-state index contributed by atoms with van der Waals surface area (Å²) in [7, 11) is 0. The number of halogens is 1. The molecule has 2 aromatic rings. The molecule has 24 heavy (non-hydrogen) atoms. The van der Waals surface area contributed by atoms with Gasteiger partial charge in [0.05, 0.1) is 10.6 Å². The van der Waals surface area contributed by atoms with Gasteiger partial charge in [-0.05, 0) is 63.1 Å². The summed E-state index contributed by atoms with van der Waals surface area (Å²) in [6, 6.07) is 9.39. The van der Waals surface area contributed by atoms with Gasteiger partial charge in [0, 0.05) is 9.90 Å². The van der Waals surface area contributed by atoms with E-state index in [0.29, 0.717) is 10.8 Å². The van der Waals surface area contributed by atoms with Crippen molar-refractivity contribution < 1.29 is 9.53 Å². The van der Waals surface area contributed by atoms with Gasteiger partial charge in [-0.3, -0.25) is 4.79 Å². The molecule has 0 bridgehead atoms. The van der Waals surface area contributed by atoms with Gasteiger partial charge in [-0.25, -0.2) is 5.43 Å². The van der Waals surface area contributed by atoms with E-state index in [-0.39, 0.29) is 5.91 Å². The maximum Gasteiger partial charge on any atom is 0.280 e. The standard InChI is InChI=1S/C18H21ClN2O2S/c1-5-15-7-9-17(24-15)12(3)20-21-18(22)13(4)23-16-8-6-14(19)10-11(16)2/h6-10,13H,5H2,1-4H3,(H,21,22)/b20-12-/t13-/m1/s1. The van der Waals surface area contributed by atoms with Crippen molar-refractivity contribution in [3.8, 4) is 5.75 Å². The molecule has 1 aromatic heterocycles. The van der Waals surface area contributed by atoms with Crippen molar-refractivity contribution in [1.82, 2.24) is 5.43 Å². The molecule has 0 fully saturated rings. The lowest BCUT2D eigenvalue weighted by atomic mass is 10.2. The molecular weight excluding hydrogens is 344 g/mol. The number of amides is 1. The second kappa shape index (κ2) is 8.31. The number of hydrazone groups is 1. The number of thiophene rings is 1. The van der Waals surface area contributed by atoms with Gasteiger partial charge in [0.15, 0.2) is 6.10 Å². The van der Waals surface area contributed by atoms with Gasteiger partial charge in [-0.15, -0.1) is 11.3 Å². The van der Waals surface area contributed by atoms with Crippen LogP contribution >= 0.6 is 22.9 Å². The molecule has 1 amide bonds. The quantitative estimate of drug-likeness (QED) is 0.602. The topological polar surface area (TPSA) is 50.7 Å². The second-order valence-corrected chi connectivity index (χ2v) is 7.07. The van der Waals surface area contributed by atoms with E-state index in [1.807, 2.05) is 19.9 Å². The SMILES string of the molecule is CCc1ccc(/C(C)=N\NC(=O)[C@@H](C)Oc2ccc(Cl)cc2C)s1. The summed E-state index contributed by atoms with van der Waals surface area (Å²) in [5.74, 6) is 0.338. The zero-order valence-electron chi connectivity index (χ0n) is 14.2. The molecule has 128 valence electrons. The first kappa shape index (κ1) is 18.5. The van der Waals surface area contributed by atoms with Gasteiger partial charge in [0.2, 0.25) is 0 Å². The van der Waals surface area contributed by atoms with Gasteiger partial charge in [-0.2, -0.15) is 5.10 Å². The molecule has 1 heterocycles. The minimum atomic E-state index is -0.657. The van der Waals surface area contributed by atoms with E-state index in [4.69, 9.17) is 16.3 Å². The molecule has 0 aliphatic carbocycles. The van der Waals surface area contributed by atoms with Crippen molar-refractivity contribution in [2.45, 2.75) is 40.2 Å². The number of ether oxygens (including phenoxy) is 1. The van der Waals surface area contributed by atoms with Crippen LogP contribution in [0, 0.1) is 6.92 Å². The van der Waals surface area contributed by atoms with Crippen LogP contribution in [-0.2, 0) is 11.2 Å². The number of hydrogen-bond acceptors (Lipinski definition) is 4. The number of aryl methyl sites for hydroxylation is 2. The second-order valence-electron chi connectivity index (χ2n) is 5.46. The number of nitrogens with zero attached hydrogens (tertiary/aromatic N) is 1. The van der Waals surface area contributed by atoms with Gasteiger partial charge in [-0.1, -0.05) is 18.5 Å². The Bertz CT molecular complexity index is 755. The van der Waals surface area contributed by atoms with Crippen molar-refractivity contribution in [2.75, 3.05) is 0 Å². The van der Waals surface area contributed by atoms with E-state index in [2.05, 4.69) is 23.5 Å². The maximum atomic E-state index is 12.2. The van der Waals surface area contributed by atoms with Crippen molar-refractivity contribution in [2.24, 2.45) is 5.10 Å². The van der Waals surface area contributed by atoms with Crippen LogP contribution in [0.1, 0.15) is 36.1 Å². The third-order valence-corrected chi connectivity index (χ3v) is 5.08. The molecule has 0 spiro atoms. The number of carbonyl (C=O) groups is 1. The predicted molar refractivity (Wildman–Crippen MR) is 100 cm³/mol. The first-order valence-corrected chi connectivity index (χ1v) is 8.96. The highest BCUT2D eigenvalue weighted by Gasteiger charge is 2.15. The smallest absolute Gasteiger partial charge is 0.280 e. The average molecular weight is 365 g/mol. The van der Waals surface area contributed by atoms with Crippen molar-refractivity contribution in [3.05, 3.63) is 50.7 Å². The molecular formula is C18H21ClN2O2S. The Hall–Kier alpha value is -1.85. The first-order valence-electron chi connectivity index (χ1n) is 7.76. The Labute approximate surface area is 151 Å². The molecule has 1 N–H and O–H groups in total. The number of hydrogen-bond donors (Lipinski definition) is 1. The molecule has 1 atom stereocenters. The average Bonchev–Trinajstić information content (AvgIpc) is 3.04. The lowest BCUT2D eigenvalue weighted by Crippen LogP contribution is -2.34. The van der Waals surface area contributed by atoms with Crippen LogP contribution in [0.4, 0.5) is 0 Å². The van der Waals surface area contributed by atoms with E-state index >= 15 is 0 Å². The maximum absolute atomic E-state index is 12.2. The van der Waals surface area contributed by atoms with Gasteiger partial charge in [0.25, 0.3) is 5.91 Å². The van der Waals surface area contributed by atoms with E-state index in [9.17, 15) is 4.79 Å². The number of benzene rings is 1. The zero-order valence-corrected chi connectivity index (χ0v) is 15.8. The highest BCUT2D eigenvalue weighted by atomic mass is 35.5. The van der Waals surface area contributed by atoms with Gasteiger partial charge < -0.3 is 4.74 Å². The largest absolute Gasteiger partial charge is 0.481 e. The van der Waals surface area contributed by atoms with Crippen LogP contribution in [0.3, 0.4) is 0 Å². The monoisotopic (exact) mass is 364 g/mol. The highest BCUT2D eigenvalue weighted by Crippen LogP contribution is 2.23. The number of nitrogens with one attached hydrogen (secondary N) is 1. The molecule has 4 nitrogen and oxygen atoms in total. The molecule has 0 saturated carbocycles. The zero-order chi connectivity index (χ0) is 17.7. The molecule has 0 saturated heterocycles. The van der Waals surface area contributed by atoms with E-state index in [1.54, 1.807) is 36.5 Å². The lowest BCUT2D eigenvalue weighted by Gasteiger charge is -2.15. The lowest BCUT2D eigenvalue weighted by molar-refractivity contribution is -0.127. The third kappa shape index (κ3) is 4.82. The Morgan fingerprint density at radius 3 is 2.75 bits per heavy atom. The molecule has 0 unspecified atom stereocenters. The number of carbonyl (C=O) groups excluding carboxylic acids is 1.